The number of aliphatic hydroxyl groups is 1. The topological polar surface area (TPSA) is 95.1 Å². The van der Waals surface area contributed by atoms with Crippen LogP contribution in [0, 0.1) is 20.8 Å². The Labute approximate surface area is 197 Å². The van der Waals surface area contributed by atoms with Crippen molar-refractivity contribution < 1.29 is 9.84 Å². The lowest BCUT2D eigenvalue weighted by Gasteiger charge is -2.29. The lowest BCUT2D eigenvalue weighted by Crippen LogP contribution is -2.39. The first kappa shape index (κ1) is 22.4. The predicted molar refractivity (Wildman–Crippen MR) is 130 cm³/mol. The fourth-order valence-electron chi connectivity index (χ4n) is 4.83. The van der Waals surface area contributed by atoms with E-state index in [1.807, 2.05) is 45.4 Å². The maximum Gasteiger partial charge on any atom is 0.261 e. The van der Waals surface area contributed by atoms with Crippen LogP contribution >= 0.6 is 0 Å². The van der Waals surface area contributed by atoms with Gasteiger partial charge in [0.1, 0.15) is 0 Å². The molecule has 8 nitrogen and oxygen atoms in total. The zero-order valence-corrected chi connectivity index (χ0v) is 19.9. The van der Waals surface area contributed by atoms with E-state index in [0.29, 0.717) is 30.4 Å². The van der Waals surface area contributed by atoms with E-state index in [0.717, 1.165) is 39.2 Å². The fourth-order valence-corrected chi connectivity index (χ4v) is 4.83. The molecule has 0 aliphatic carbocycles. The molecule has 2 atom stereocenters. The van der Waals surface area contributed by atoms with Gasteiger partial charge in [0.15, 0.2) is 0 Å². The molecule has 0 unspecified atom stereocenters. The van der Waals surface area contributed by atoms with Crippen LogP contribution in [0.5, 0.6) is 0 Å². The maximum atomic E-state index is 13.4. The van der Waals surface area contributed by atoms with Crippen LogP contribution in [0.2, 0.25) is 0 Å². The minimum Gasteiger partial charge on any atom is -0.389 e. The van der Waals surface area contributed by atoms with Gasteiger partial charge >= 0.3 is 0 Å². The summed E-state index contributed by atoms with van der Waals surface area (Å²) in [6.07, 6.45) is 5.96. The second-order valence-electron chi connectivity index (χ2n) is 9.17. The molecule has 0 amide bonds. The van der Waals surface area contributed by atoms with Gasteiger partial charge in [-0.25, -0.2) is 4.98 Å². The number of benzene rings is 1. The molecule has 0 radical (unpaired) electrons. The van der Waals surface area contributed by atoms with Crippen molar-refractivity contribution in [3.05, 3.63) is 75.2 Å². The van der Waals surface area contributed by atoms with Crippen molar-refractivity contribution in [3.8, 4) is 11.3 Å². The van der Waals surface area contributed by atoms with Gasteiger partial charge in [0, 0.05) is 31.6 Å². The summed E-state index contributed by atoms with van der Waals surface area (Å²) in [6, 6.07) is 5.72. The SMILES string of the molecule is Cc1nn(C)cc1-c1ccc(Cc2cc3c(=O)n([C@H]4CCOC[C@@H]4O)cnc3c(C)c2C)cn1. The van der Waals surface area contributed by atoms with Crippen LogP contribution in [0.4, 0.5) is 0 Å². The first-order valence-electron chi connectivity index (χ1n) is 11.5. The van der Waals surface area contributed by atoms with E-state index in [2.05, 4.69) is 28.1 Å². The molecule has 4 aromatic rings. The first-order chi connectivity index (χ1) is 16.3. The van der Waals surface area contributed by atoms with Gasteiger partial charge in [-0.1, -0.05) is 6.07 Å². The summed E-state index contributed by atoms with van der Waals surface area (Å²) in [7, 11) is 1.90. The molecule has 176 valence electrons. The number of fused-ring (bicyclic) bond motifs is 1. The van der Waals surface area contributed by atoms with Gasteiger partial charge < -0.3 is 9.84 Å². The van der Waals surface area contributed by atoms with Gasteiger partial charge in [0.25, 0.3) is 5.56 Å². The third-order valence-corrected chi connectivity index (χ3v) is 6.91. The molecule has 0 spiro atoms. The second-order valence-corrected chi connectivity index (χ2v) is 9.17. The van der Waals surface area contributed by atoms with Crippen molar-refractivity contribution in [2.75, 3.05) is 13.2 Å². The number of hydrogen-bond acceptors (Lipinski definition) is 6. The maximum absolute atomic E-state index is 13.4. The molecule has 34 heavy (non-hydrogen) atoms. The number of aliphatic hydroxyl groups excluding tert-OH is 1. The number of rotatable bonds is 4. The van der Waals surface area contributed by atoms with Crippen LogP contribution in [0.1, 0.15) is 40.4 Å². The van der Waals surface area contributed by atoms with Crippen LogP contribution in [0.25, 0.3) is 22.2 Å². The molecule has 0 saturated carbocycles. The third kappa shape index (κ3) is 3.93. The minimum atomic E-state index is -0.718. The summed E-state index contributed by atoms with van der Waals surface area (Å²) in [4.78, 5) is 22.7. The Bertz CT molecular complexity index is 1420. The van der Waals surface area contributed by atoms with Gasteiger partial charge in [-0.2, -0.15) is 5.10 Å². The van der Waals surface area contributed by atoms with Crippen LogP contribution in [0.3, 0.4) is 0 Å². The normalized spacial score (nSPS) is 18.5. The Balaban J connectivity index is 1.51. The third-order valence-electron chi connectivity index (χ3n) is 6.91. The molecule has 8 heteroatoms. The largest absolute Gasteiger partial charge is 0.389 e. The van der Waals surface area contributed by atoms with Crippen LogP contribution < -0.4 is 5.56 Å². The van der Waals surface area contributed by atoms with E-state index in [1.54, 1.807) is 15.6 Å². The van der Waals surface area contributed by atoms with Crippen LogP contribution in [0.15, 0.2) is 41.7 Å². The number of nitrogens with zero attached hydrogens (tertiary/aromatic N) is 5. The highest BCUT2D eigenvalue weighted by molar-refractivity contribution is 5.83. The van der Waals surface area contributed by atoms with E-state index in [-0.39, 0.29) is 18.2 Å². The zero-order valence-electron chi connectivity index (χ0n) is 19.9. The number of aryl methyl sites for hydroxylation is 3. The highest BCUT2D eigenvalue weighted by Gasteiger charge is 2.27. The highest BCUT2D eigenvalue weighted by Crippen LogP contribution is 2.26. The van der Waals surface area contributed by atoms with Crippen LogP contribution in [-0.4, -0.2) is 48.7 Å². The number of hydrogen-bond donors (Lipinski definition) is 1. The quantitative estimate of drug-likeness (QED) is 0.504. The molecule has 1 aliphatic heterocycles. The van der Waals surface area contributed by atoms with Gasteiger partial charge in [0.2, 0.25) is 0 Å². The predicted octanol–water partition coefficient (Wildman–Crippen LogP) is 3.03. The molecular weight excluding hydrogens is 430 g/mol. The average Bonchev–Trinajstić information content (AvgIpc) is 3.17. The molecule has 1 aliphatic rings. The molecule has 1 aromatic carbocycles. The Hall–Kier alpha value is -3.36. The van der Waals surface area contributed by atoms with E-state index < -0.39 is 6.10 Å². The molecule has 4 heterocycles. The monoisotopic (exact) mass is 459 g/mol. The molecule has 5 rings (SSSR count). The van der Waals surface area contributed by atoms with Crippen molar-refractivity contribution in [2.24, 2.45) is 7.05 Å². The van der Waals surface area contributed by atoms with Crippen molar-refractivity contribution in [1.82, 2.24) is 24.3 Å². The molecular formula is C26H29N5O3. The highest BCUT2D eigenvalue weighted by atomic mass is 16.5. The first-order valence-corrected chi connectivity index (χ1v) is 11.5. The second kappa shape index (κ2) is 8.77. The Kier molecular flexibility index (Phi) is 5.79. The van der Waals surface area contributed by atoms with Gasteiger partial charge in [-0.05, 0) is 68.0 Å². The van der Waals surface area contributed by atoms with Gasteiger partial charge in [-0.3, -0.25) is 19.0 Å². The molecule has 1 saturated heterocycles. The Morgan fingerprint density at radius 3 is 2.68 bits per heavy atom. The van der Waals surface area contributed by atoms with E-state index in [1.165, 1.54) is 0 Å². The minimum absolute atomic E-state index is 0.124. The van der Waals surface area contributed by atoms with E-state index in [4.69, 9.17) is 4.74 Å². The lowest BCUT2D eigenvalue weighted by molar-refractivity contribution is -0.0395. The van der Waals surface area contributed by atoms with E-state index in [9.17, 15) is 9.90 Å². The lowest BCUT2D eigenvalue weighted by atomic mass is 9.95. The number of ether oxygens (including phenoxy) is 1. The Morgan fingerprint density at radius 2 is 2.00 bits per heavy atom. The number of aromatic nitrogens is 5. The smallest absolute Gasteiger partial charge is 0.261 e. The molecule has 0 bridgehead atoms. The molecule has 3 aromatic heterocycles. The summed E-state index contributed by atoms with van der Waals surface area (Å²) < 4.78 is 8.69. The van der Waals surface area contributed by atoms with Crippen molar-refractivity contribution in [1.29, 1.82) is 0 Å². The Morgan fingerprint density at radius 1 is 1.18 bits per heavy atom. The van der Waals surface area contributed by atoms with Crippen molar-refractivity contribution in [3.63, 3.8) is 0 Å². The summed E-state index contributed by atoms with van der Waals surface area (Å²) in [5, 5.41) is 15.3. The molecule has 1 N–H and O–H groups in total. The van der Waals surface area contributed by atoms with Crippen LogP contribution in [-0.2, 0) is 18.2 Å². The number of pyridine rings is 1. The fraction of sp³-hybridized carbons (Fsp3) is 0.385. The van der Waals surface area contributed by atoms with Crippen molar-refractivity contribution in [2.45, 2.75) is 45.8 Å². The summed E-state index contributed by atoms with van der Waals surface area (Å²) >= 11 is 0. The zero-order chi connectivity index (χ0) is 24.0. The van der Waals surface area contributed by atoms with Gasteiger partial charge in [0.05, 0.1) is 47.4 Å². The summed E-state index contributed by atoms with van der Waals surface area (Å²) in [5.41, 5.74) is 7.71. The average molecular weight is 460 g/mol. The summed E-state index contributed by atoms with van der Waals surface area (Å²) in [6.45, 7) is 6.81. The standard InChI is InChI=1S/C26H29N5O3/c1-15-16(2)25-20(26(33)31(14-28-25)23-7-8-34-13-24(23)32)10-19(15)9-18-5-6-22(27-11-18)21-12-30(4)29-17(21)3/h5-6,10-12,14,23-24,32H,7-9,13H2,1-4H3/t23-,24-/m0/s1. The molecule has 1 fully saturated rings. The van der Waals surface area contributed by atoms with E-state index >= 15 is 0 Å². The van der Waals surface area contributed by atoms with Crippen molar-refractivity contribution >= 4 is 10.9 Å². The summed E-state index contributed by atoms with van der Waals surface area (Å²) in [5.74, 6) is 0. The van der Waals surface area contributed by atoms with Gasteiger partial charge in [-0.15, -0.1) is 0 Å².